The standard InChI is InChI=1S/C10H5F4NO2/c1-17-9(16)5-2-6(4-15)8(7(11)3-5)10(12,13)14/h2-3H,1H3. The summed E-state index contributed by atoms with van der Waals surface area (Å²) in [6, 6.07) is 2.22. The maximum Gasteiger partial charge on any atom is 0.420 e. The van der Waals surface area contributed by atoms with Crippen molar-refractivity contribution in [3.63, 3.8) is 0 Å². The van der Waals surface area contributed by atoms with Gasteiger partial charge in [-0.15, -0.1) is 0 Å². The van der Waals surface area contributed by atoms with Crippen LogP contribution in [0.3, 0.4) is 0 Å². The number of hydrogen-bond donors (Lipinski definition) is 0. The number of carbonyl (C=O) groups excluding carboxylic acids is 1. The van der Waals surface area contributed by atoms with E-state index < -0.39 is 34.7 Å². The zero-order valence-corrected chi connectivity index (χ0v) is 8.43. The van der Waals surface area contributed by atoms with Crippen molar-refractivity contribution >= 4 is 5.97 Å². The molecule has 0 aliphatic carbocycles. The lowest BCUT2D eigenvalue weighted by Gasteiger charge is -2.10. The SMILES string of the molecule is COC(=O)c1cc(F)c(C(F)(F)F)c(C#N)c1. The fourth-order valence-corrected chi connectivity index (χ4v) is 1.22. The summed E-state index contributed by atoms with van der Waals surface area (Å²) in [6.07, 6.45) is -5.00. The molecule has 0 bridgehead atoms. The Morgan fingerprint density at radius 2 is 2.00 bits per heavy atom. The van der Waals surface area contributed by atoms with E-state index in [1.165, 1.54) is 6.07 Å². The van der Waals surface area contributed by atoms with Gasteiger partial charge in [-0.1, -0.05) is 0 Å². The van der Waals surface area contributed by atoms with Gasteiger partial charge in [0.2, 0.25) is 0 Å². The zero-order chi connectivity index (χ0) is 13.2. The van der Waals surface area contributed by atoms with Gasteiger partial charge in [-0.3, -0.25) is 0 Å². The number of alkyl halides is 3. The highest BCUT2D eigenvalue weighted by atomic mass is 19.4. The van der Waals surface area contributed by atoms with E-state index in [0.717, 1.165) is 7.11 Å². The summed E-state index contributed by atoms with van der Waals surface area (Å²) in [5.74, 6) is -2.70. The van der Waals surface area contributed by atoms with Gasteiger partial charge >= 0.3 is 12.1 Å². The molecule has 17 heavy (non-hydrogen) atoms. The van der Waals surface area contributed by atoms with Crippen molar-refractivity contribution in [2.24, 2.45) is 0 Å². The molecular weight excluding hydrogens is 242 g/mol. The monoisotopic (exact) mass is 247 g/mol. The Hall–Kier alpha value is -2.10. The molecule has 0 aliphatic heterocycles. The average molecular weight is 247 g/mol. The van der Waals surface area contributed by atoms with E-state index in [-0.39, 0.29) is 0 Å². The highest BCUT2D eigenvalue weighted by Gasteiger charge is 2.37. The third kappa shape index (κ3) is 2.53. The minimum Gasteiger partial charge on any atom is -0.465 e. The lowest BCUT2D eigenvalue weighted by molar-refractivity contribution is -0.140. The number of nitriles is 1. The Balaban J connectivity index is 3.48. The van der Waals surface area contributed by atoms with Gasteiger partial charge in [0, 0.05) is 0 Å². The lowest BCUT2D eigenvalue weighted by Crippen LogP contribution is -2.13. The molecule has 0 aromatic heterocycles. The number of methoxy groups -OCH3 is 1. The number of halogens is 4. The van der Waals surface area contributed by atoms with Crippen molar-refractivity contribution in [3.8, 4) is 6.07 Å². The van der Waals surface area contributed by atoms with Gasteiger partial charge < -0.3 is 4.74 Å². The van der Waals surface area contributed by atoms with E-state index in [1.54, 1.807) is 0 Å². The molecule has 0 radical (unpaired) electrons. The molecule has 0 saturated carbocycles. The third-order valence-electron chi connectivity index (χ3n) is 1.92. The summed E-state index contributed by atoms with van der Waals surface area (Å²) in [5, 5.41) is 8.52. The Kier molecular flexibility index (Phi) is 3.36. The van der Waals surface area contributed by atoms with Crippen LogP contribution in [0.5, 0.6) is 0 Å². The Morgan fingerprint density at radius 1 is 1.41 bits per heavy atom. The summed E-state index contributed by atoms with van der Waals surface area (Å²) in [6.45, 7) is 0. The topological polar surface area (TPSA) is 50.1 Å². The molecule has 7 heteroatoms. The van der Waals surface area contributed by atoms with Gasteiger partial charge in [0.25, 0.3) is 0 Å². The molecule has 0 fully saturated rings. The van der Waals surface area contributed by atoms with Crippen LogP contribution in [-0.2, 0) is 10.9 Å². The predicted molar refractivity (Wildman–Crippen MR) is 47.5 cm³/mol. The van der Waals surface area contributed by atoms with Gasteiger partial charge in [-0.25, -0.2) is 9.18 Å². The molecule has 0 atom stereocenters. The Labute approximate surface area is 93.2 Å². The molecule has 0 unspecified atom stereocenters. The minimum atomic E-state index is -5.00. The first-order chi connectivity index (χ1) is 7.81. The number of carbonyl (C=O) groups is 1. The van der Waals surface area contributed by atoms with E-state index in [0.29, 0.717) is 12.1 Å². The van der Waals surface area contributed by atoms with E-state index >= 15 is 0 Å². The number of nitrogens with zero attached hydrogens (tertiary/aromatic N) is 1. The maximum absolute atomic E-state index is 13.2. The molecule has 0 aliphatic rings. The predicted octanol–water partition coefficient (Wildman–Crippen LogP) is 2.50. The molecule has 0 N–H and O–H groups in total. The van der Waals surface area contributed by atoms with Crippen molar-refractivity contribution < 1.29 is 27.1 Å². The molecule has 3 nitrogen and oxygen atoms in total. The highest BCUT2D eigenvalue weighted by molar-refractivity contribution is 5.90. The number of rotatable bonds is 1. The summed E-state index contributed by atoms with van der Waals surface area (Å²) in [4.78, 5) is 11.0. The van der Waals surface area contributed by atoms with Crippen molar-refractivity contribution in [1.29, 1.82) is 5.26 Å². The Morgan fingerprint density at radius 3 is 2.41 bits per heavy atom. The smallest absolute Gasteiger partial charge is 0.420 e. The lowest BCUT2D eigenvalue weighted by atomic mass is 10.0. The molecule has 0 heterocycles. The average Bonchev–Trinajstić information content (AvgIpc) is 2.24. The summed E-state index contributed by atoms with van der Waals surface area (Å²) in [5.41, 5.74) is -3.10. The van der Waals surface area contributed by atoms with Gasteiger partial charge in [0.1, 0.15) is 11.4 Å². The molecule has 0 saturated heterocycles. The van der Waals surface area contributed by atoms with Gasteiger partial charge in [0.15, 0.2) is 0 Å². The van der Waals surface area contributed by atoms with Gasteiger partial charge in [-0.05, 0) is 12.1 Å². The molecule has 90 valence electrons. The van der Waals surface area contributed by atoms with Crippen LogP contribution in [0.25, 0.3) is 0 Å². The fourth-order valence-electron chi connectivity index (χ4n) is 1.22. The number of hydrogen-bond acceptors (Lipinski definition) is 3. The number of benzene rings is 1. The fraction of sp³-hybridized carbons (Fsp3) is 0.200. The summed E-state index contributed by atoms with van der Waals surface area (Å²) in [7, 11) is 0.990. The molecule has 1 aromatic carbocycles. The van der Waals surface area contributed by atoms with Crippen molar-refractivity contribution in [2.75, 3.05) is 7.11 Å². The zero-order valence-electron chi connectivity index (χ0n) is 8.43. The van der Waals surface area contributed by atoms with E-state index in [9.17, 15) is 22.4 Å². The normalized spacial score (nSPS) is 10.8. The van der Waals surface area contributed by atoms with Crippen LogP contribution in [0, 0.1) is 17.1 Å². The van der Waals surface area contributed by atoms with Crippen molar-refractivity contribution in [2.45, 2.75) is 6.18 Å². The first-order valence-corrected chi connectivity index (χ1v) is 4.20. The first kappa shape index (κ1) is 13.0. The second-order valence-corrected chi connectivity index (χ2v) is 2.98. The van der Waals surface area contributed by atoms with Gasteiger partial charge in [0.05, 0.1) is 24.3 Å². The molecule has 1 rings (SSSR count). The molecular formula is C10H5F4NO2. The van der Waals surface area contributed by atoms with Crippen LogP contribution in [0.4, 0.5) is 17.6 Å². The summed E-state index contributed by atoms with van der Waals surface area (Å²) < 4.78 is 54.6. The van der Waals surface area contributed by atoms with Crippen LogP contribution in [0.1, 0.15) is 21.5 Å². The Bertz CT molecular complexity index is 502. The maximum atomic E-state index is 13.2. The summed E-state index contributed by atoms with van der Waals surface area (Å²) >= 11 is 0. The second-order valence-electron chi connectivity index (χ2n) is 2.98. The van der Waals surface area contributed by atoms with Gasteiger partial charge in [-0.2, -0.15) is 18.4 Å². The molecule has 0 spiro atoms. The van der Waals surface area contributed by atoms with Crippen LogP contribution in [-0.4, -0.2) is 13.1 Å². The van der Waals surface area contributed by atoms with E-state index in [4.69, 9.17) is 5.26 Å². The minimum absolute atomic E-state index is 0.384. The van der Waals surface area contributed by atoms with E-state index in [2.05, 4.69) is 4.74 Å². The second kappa shape index (κ2) is 4.41. The number of ether oxygens (including phenoxy) is 1. The quantitative estimate of drug-likeness (QED) is 0.566. The highest BCUT2D eigenvalue weighted by Crippen LogP contribution is 2.34. The van der Waals surface area contributed by atoms with Crippen molar-refractivity contribution in [1.82, 2.24) is 0 Å². The third-order valence-corrected chi connectivity index (χ3v) is 1.92. The van der Waals surface area contributed by atoms with Crippen LogP contribution >= 0.6 is 0 Å². The van der Waals surface area contributed by atoms with Crippen LogP contribution < -0.4 is 0 Å². The molecule has 1 aromatic rings. The van der Waals surface area contributed by atoms with Crippen LogP contribution in [0.15, 0.2) is 12.1 Å². The number of esters is 1. The first-order valence-electron chi connectivity index (χ1n) is 4.20. The van der Waals surface area contributed by atoms with Crippen molar-refractivity contribution in [3.05, 3.63) is 34.6 Å². The largest absolute Gasteiger partial charge is 0.465 e. The van der Waals surface area contributed by atoms with E-state index in [1.807, 2.05) is 0 Å². The van der Waals surface area contributed by atoms with Crippen LogP contribution in [0.2, 0.25) is 0 Å². The molecule has 0 amide bonds.